The van der Waals surface area contributed by atoms with Crippen LogP contribution in [0.3, 0.4) is 0 Å². The number of nitrogens with zero attached hydrogens (tertiary/aromatic N) is 2. The van der Waals surface area contributed by atoms with Gasteiger partial charge in [-0.25, -0.2) is 0 Å². The van der Waals surface area contributed by atoms with Gasteiger partial charge in [0.1, 0.15) is 13.5 Å². The fourth-order valence-electron chi connectivity index (χ4n) is 5.13. The van der Waals surface area contributed by atoms with E-state index in [1.165, 1.54) is 0 Å². The molecule has 2 aromatic heterocycles. The minimum atomic E-state index is -1.26. The van der Waals surface area contributed by atoms with Gasteiger partial charge in [-0.05, 0) is 36.4 Å². The number of carbonyl (C=O) groups is 2. The number of benzene rings is 2. The smallest absolute Gasteiger partial charge is 0.261 e. The molecule has 7 nitrogen and oxygen atoms in total. The minimum absolute atomic E-state index is 0.300. The van der Waals surface area contributed by atoms with Gasteiger partial charge in [-0.2, -0.15) is 0 Å². The molecule has 4 aromatic rings. The highest BCUT2D eigenvalue weighted by atomic mass is 28.3. The van der Waals surface area contributed by atoms with Crippen LogP contribution in [-0.4, -0.2) is 50.3 Å². The molecule has 0 spiro atoms. The first-order chi connectivity index (χ1) is 19.4. The lowest BCUT2D eigenvalue weighted by molar-refractivity contribution is -0.122. The van der Waals surface area contributed by atoms with E-state index in [0.29, 0.717) is 49.2 Å². The molecule has 41 heavy (non-hydrogen) atoms. The molecule has 2 aromatic carbocycles. The number of carbonyl (C=O) groups excluding carboxylic acids is 2. The van der Waals surface area contributed by atoms with Gasteiger partial charge in [0.15, 0.2) is 0 Å². The molecule has 1 aliphatic rings. The minimum Gasteiger partial charge on any atom is -0.361 e. The molecule has 1 aliphatic heterocycles. The van der Waals surface area contributed by atoms with Crippen LogP contribution >= 0.6 is 0 Å². The lowest BCUT2D eigenvalue weighted by Gasteiger charge is -2.18. The summed E-state index contributed by atoms with van der Waals surface area (Å²) < 4.78 is 16.4. The number of para-hydroxylation sites is 2. The molecular formula is C32H41N3O4Si2. The zero-order valence-electron chi connectivity index (χ0n) is 25.0. The van der Waals surface area contributed by atoms with Gasteiger partial charge < -0.3 is 18.6 Å². The van der Waals surface area contributed by atoms with Gasteiger partial charge in [-0.1, -0.05) is 75.7 Å². The molecule has 1 N–H and O–H groups in total. The summed E-state index contributed by atoms with van der Waals surface area (Å²) in [6.45, 7) is 15.9. The third-order valence-corrected chi connectivity index (χ3v) is 10.9. The van der Waals surface area contributed by atoms with Gasteiger partial charge in [0.2, 0.25) is 0 Å². The molecule has 0 unspecified atom stereocenters. The van der Waals surface area contributed by atoms with Crippen molar-refractivity contribution in [2.75, 3.05) is 13.2 Å². The van der Waals surface area contributed by atoms with E-state index in [2.05, 4.69) is 44.6 Å². The molecule has 5 rings (SSSR count). The number of fused-ring (bicyclic) bond motifs is 2. The average molecular weight is 588 g/mol. The molecule has 3 heterocycles. The molecule has 0 radical (unpaired) electrons. The van der Waals surface area contributed by atoms with Crippen LogP contribution in [0.5, 0.6) is 0 Å². The number of imide groups is 1. The van der Waals surface area contributed by atoms with E-state index in [4.69, 9.17) is 9.47 Å². The number of aromatic nitrogens is 2. The summed E-state index contributed by atoms with van der Waals surface area (Å²) in [6.07, 6.45) is 0. The monoisotopic (exact) mass is 587 g/mol. The Morgan fingerprint density at radius 2 is 1.02 bits per heavy atom. The topological polar surface area (TPSA) is 74.5 Å². The molecule has 0 aliphatic carbocycles. The van der Waals surface area contributed by atoms with Crippen LogP contribution in [-0.2, 0) is 32.5 Å². The second-order valence-corrected chi connectivity index (χ2v) is 24.5. The maximum atomic E-state index is 13.5. The van der Waals surface area contributed by atoms with Crippen LogP contribution in [0.1, 0.15) is 11.4 Å². The summed E-state index contributed by atoms with van der Waals surface area (Å²) in [7, 11) is -2.52. The van der Waals surface area contributed by atoms with Crippen molar-refractivity contribution in [2.24, 2.45) is 0 Å². The Labute approximate surface area is 244 Å². The Bertz CT molecular complexity index is 1520. The normalized spacial score (nSPS) is 14.6. The molecule has 2 amide bonds. The lowest BCUT2D eigenvalue weighted by Crippen LogP contribution is -2.24. The van der Waals surface area contributed by atoms with Gasteiger partial charge in [0.25, 0.3) is 11.8 Å². The van der Waals surface area contributed by atoms with Crippen molar-refractivity contribution in [3.63, 3.8) is 0 Å². The summed E-state index contributed by atoms with van der Waals surface area (Å²) in [6, 6.07) is 22.1. The van der Waals surface area contributed by atoms with Crippen LogP contribution in [0.25, 0.3) is 33.0 Å². The van der Waals surface area contributed by atoms with Crippen molar-refractivity contribution in [1.82, 2.24) is 14.5 Å². The highest BCUT2D eigenvalue weighted by Crippen LogP contribution is 2.37. The third kappa shape index (κ3) is 6.48. The summed E-state index contributed by atoms with van der Waals surface area (Å²) in [4.78, 5) is 27.0. The van der Waals surface area contributed by atoms with Crippen molar-refractivity contribution in [2.45, 2.75) is 64.8 Å². The van der Waals surface area contributed by atoms with Crippen molar-refractivity contribution >= 4 is 60.9 Å². The predicted molar refractivity (Wildman–Crippen MR) is 172 cm³/mol. The molecule has 216 valence electrons. The van der Waals surface area contributed by atoms with Gasteiger partial charge >= 0.3 is 0 Å². The largest absolute Gasteiger partial charge is 0.361 e. The highest BCUT2D eigenvalue weighted by Gasteiger charge is 2.36. The second-order valence-electron chi connectivity index (χ2n) is 13.3. The number of hydrogen-bond donors (Lipinski definition) is 1. The molecule has 9 heteroatoms. The van der Waals surface area contributed by atoms with Crippen LogP contribution < -0.4 is 5.32 Å². The number of hydrogen-bond acceptors (Lipinski definition) is 4. The Kier molecular flexibility index (Phi) is 8.25. The molecule has 0 saturated carbocycles. The maximum absolute atomic E-state index is 13.5. The quantitative estimate of drug-likeness (QED) is 0.113. The molecule has 0 fully saturated rings. The van der Waals surface area contributed by atoms with Gasteiger partial charge in [-0.15, -0.1) is 0 Å². The Balaban J connectivity index is 1.60. The molecule has 0 saturated heterocycles. The summed E-state index contributed by atoms with van der Waals surface area (Å²) in [5.74, 6) is -0.791. The standard InChI is InChI=1S/C32H41N3O4Si2/c1-40(2,3)17-15-38-21-34-25-13-9-7-11-23(25)19-27(34)29-30(32(37)33-31(29)36)28-20-24-12-8-10-14-26(24)35(28)22-39-16-18-41(4,5)6/h7-14,19-20H,15-18,21-22H2,1-6H3,(H,33,36,37). The number of nitrogens with one attached hydrogen (secondary N) is 1. The van der Waals surface area contributed by atoms with Crippen LogP contribution in [0.2, 0.25) is 51.4 Å². The SMILES string of the molecule is C[Si](C)(C)CCOCn1c(C2=C(c3cc4ccccc4n3COCC[Si](C)(C)C)C(=O)NC2=O)cc2ccccc21. The Morgan fingerprint density at radius 3 is 1.41 bits per heavy atom. The molecule has 0 atom stereocenters. The van der Waals surface area contributed by atoms with Crippen molar-refractivity contribution < 1.29 is 19.1 Å². The van der Waals surface area contributed by atoms with E-state index >= 15 is 0 Å². The van der Waals surface area contributed by atoms with Crippen LogP contribution in [0.15, 0.2) is 60.7 Å². The maximum Gasteiger partial charge on any atom is 0.261 e. The fourth-order valence-corrected chi connectivity index (χ4v) is 6.64. The zero-order valence-corrected chi connectivity index (χ0v) is 27.0. The molecule has 0 bridgehead atoms. The zero-order chi connectivity index (χ0) is 29.4. The first kappa shape index (κ1) is 29.3. The highest BCUT2D eigenvalue weighted by molar-refractivity contribution is 6.76. The van der Waals surface area contributed by atoms with E-state index < -0.39 is 28.0 Å². The van der Waals surface area contributed by atoms with Gasteiger partial charge in [0.05, 0.1) is 33.6 Å². The van der Waals surface area contributed by atoms with E-state index in [1.54, 1.807) is 0 Å². The average Bonchev–Trinajstić information content (AvgIpc) is 3.53. The predicted octanol–water partition coefficient (Wildman–Crippen LogP) is 6.79. The Morgan fingerprint density at radius 1 is 0.634 bits per heavy atom. The van der Waals surface area contributed by atoms with Crippen LogP contribution in [0, 0.1) is 0 Å². The van der Waals surface area contributed by atoms with E-state index in [-0.39, 0.29) is 0 Å². The van der Waals surface area contributed by atoms with E-state index in [0.717, 1.165) is 33.9 Å². The second kappa shape index (κ2) is 11.6. The summed E-state index contributed by atoms with van der Waals surface area (Å²) >= 11 is 0. The number of ether oxygens (including phenoxy) is 2. The first-order valence-electron chi connectivity index (χ1n) is 14.4. The molecular weight excluding hydrogens is 547 g/mol. The summed E-state index contributed by atoms with van der Waals surface area (Å²) in [5.41, 5.74) is 4.01. The number of rotatable bonds is 12. The van der Waals surface area contributed by atoms with Crippen molar-refractivity contribution in [3.8, 4) is 0 Å². The first-order valence-corrected chi connectivity index (χ1v) is 21.8. The summed E-state index contributed by atoms with van der Waals surface area (Å²) in [5, 5.41) is 4.56. The fraction of sp³-hybridized carbons (Fsp3) is 0.375. The Hall–Kier alpha value is -3.25. The third-order valence-electron chi connectivity index (χ3n) is 7.50. The van der Waals surface area contributed by atoms with Crippen LogP contribution in [0.4, 0.5) is 0 Å². The lowest BCUT2D eigenvalue weighted by atomic mass is 10.0. The van der Waals surface area contributed by atoms with E-state index in [1.807, 2.05) is 69.8 Å². The van der Waals surface area contributed by atoms with E-state index in [9.17, 15) is 9.59 Å². The van der Waals surface area contributed by atoms with Crippen molar-refractivity contribution in [1.29, 1.82) is 0 Å². The number of amides is 2. The van der Waals surface area contributed by atoms with Gasteiger partial charge in [-0.3, -0.25) is 14.9 Å². The van der Waals surface area contributed by atoms with Gasteiger partial charge in [0, 0.05) is 40.1 Å². The van der Waals surface area contributed by atoms with Crippen molar-refractivity contribution in [3.05, 3.63) is 72.1 Å².